The quantitative estimate of drug-likeness (QED) is 0.658. The van der Waals surface area contributed by atoms with Crippen molar-refractivity contribution in [2.45, 2.75) is 24.7 Å². The first-order chi connectivity index (χ1) is 15.3. The summed E-state index contributed by atoms with van der Waals surface area (Å²) in [7, 11) is -3.66. The van der Waals surface area contributed by atoms with Gasteiger partial charge in [-0.3, -0.25) is 0 Å². The number of piperidine rings is 1. The van der Waals surface area contributed by atoms with E-state index in [2.05, 4.69) is 5.10 Å². The van der Waals surface area contributed by atoms with Crippen molar-refractivity contribution in [3.05, 3.63) is 82.9 Å². The van der Waals surface area contributed by atoms with Crippen LogP contribution in [0.1, 0.15) is 23.2 Å². The molecule has 2 heterocycles. The Bertz CT molecular complexity index is 1310. The standard InChI is InChI=1S/C24H24FN3O3S/c1-17-3-2-4-22(11-17)32(30,31)27-10-9-19-12-23-18(13-24(19,15-27)16-29)14-26-28(23)21-7-5-20(25)6-8-21/h2-8,11-12,14,29H,9-10,13,15-16H2,1H3. The Morgan fingerprint density at radius 3 is 2.69 bits per heavy atom. The van der Waals surface area contributed by atoms with Crippen LogP contribution in [0.4, 0.5) is 4.39 Å². The number of nitrogens with zero attached hydrogens (tertiary/aromatic N) is 3. The van der Waals surface area contributed by atoms with Crippen LogP contribution in [0.25, 0.3) is 11.8 Å². The highest BCUT2D eigenvalue weighted by Gasteiger charge is 2.45. The van der Waals surface area contributed by atoms with Crippen molar-refractivity contribution in [3.63, 3.8) is 0 Å². The molecule has 0 saturated carbocycles. The van der Waals surface area contributed by atoms with Crippen LogP contribution in [0, 0.1) is 18.2 Å². The molecule has 2 aromatic carbocycles. The third kappa shape index (κ3) is 3.39. The molecule has 1 aromatic heterocycles. The molecule has 166 valence electrons. The summed E-state index contributed by atoms with van der Waals surface area (Å²) < 4.78 is 43.2. The van der Waals surface area contributed by atoms with Crippen molar-refractivity contribution in [1.29, 1.82) is 0 Å². The highest BCUT2D eigenvalue weighted by molar-refractivity contribution is 7.89. The molecule has 0 radical (unpaired) electrons. The minimum Gasteiger partial charge on any atom is -0.395 e. The maximum Gasteiger partial charge on any atom is 0.243 e. The Morgan fingerprint density at radius 2 is 1.97 bits per heavy atom. The van der Waals surface area contributed by atoms with E-state index in [1.807, 2.05) is 19.1 Å². The van der Waals surface area contributed by atoms with E-state index in [9.17, 15) is 17.9 Å². The van der Waals surface area contributed by atoms with Crippen LogP contribution in [-0.4, -0.2) is 47.3 Å². The Balaban J connectivity index is 1.49. The maximum absolute atomic E-state index is 13.3. The van der Waals surface area contributed by atoms with E-state index in [4.69, 9.17) is 0 Å². The number of aliphatic hydroxyl groups is 1. The van der Waals surface area contributed by atoms with Gasteiger partial charge in [-0.15, -0.1) is 0 Å². The molecular formula is C24H24FN3O3S. The molecule has 3 aromatic rings. The molecule has 1 aliphatic heterocycles. The number of aromatic nitrogens is 2. The molecule has 1 saturated heterocycles. The topological polar surface area (TPSA) is 75.4 Å². The van der Waals surface area contributed by atoms with E-state index in [0.29, 0.717) is 19.4 Å². The Kier molecular flexibility index (Phi) is 5.03. The lowest BCUT2D eigenvalue weighted by molar-refractivity contribution is 0.111. The number of hydrogen-bond donors (Lipinski definition) is 1. The molecule has 1 fully saturated rings. The lowest BCUT2D eigenvalue weighted by Gasteiger charge is -2.45. The summed E-state index contributed by atoms with van der Waals surface area (Å²) >= 11 is 0. The molecule has 1 aliphatic carbocycles. The number of rotatable bonds is 4. The first kappa shape index (κ1) is 21.1. The molecule has 2 aliphatic rings. The van der Waals surface area contributed by atoms with Gasteiger partial charge >= 0.3 is 0 Å². The molecule has 0 amide bonds. The van der Waals surface area contributed by atoms with Crippen LogP contribution in [0.5, 0.6) is 0 Å². The summed E-state index contributed by atoms with van der Waals surface area (Å²) in [6.45, 7) is 2.28. The van der Waals surface area contributed by atoms with Gasteiger partial charge in [0.15, 0.2) is 0 Å². The average molecular weight is 454 g/mol. The van der Waals surface area contributed by atoms with Crippen molar-refractivity contribution in [2.24, 2.45) is 5.41 Å². The SMILES string of the molecule is Cc1cccc(S(=O)(=O)N2CCC3=Cc4c(cnn4-c4ccc(F)cc4)CC3(CO)C2)c1. The van der Waals surface area contributed by atoms with E-state index in [1.165, 1.54) is 16.4 Å². The molecule has 32 heavy (non-hydrogen) atoms. The van der Waals surface area contributed by atoms with Gasteiger partial charge in [0.25, 0.3) is 0 Å². The van der Waals surface area contributed by atoms with Crippen LogP contribution < -0.4 is 0 Å². The summed E-state index contributed by atoms with van der Waals surface area (Å²) in [5.74, 6) is -0.311. The van der Waals surface area contributed by atoms with Crippen LogP contribution in [0.2, 0.25) is 0 Å². The zero-order chi connectivity index (χ0) is 22.5. The minimum absolute atomic E-state index is 0.153. The number of halogens is 1. The number of aryl methyl sites for hydroxylation is 1. The summed E-state index contributed by atoms with van der Waals surface area (Å²) in [5.41, 5.74) is 3.80. The minimum atomic E-state index is -3.66. The molecule has 1 atom stereocenters. The van der Waals surface area contributed by atoms with Crippen LogP contribution in [-0.2, 0) is 16.4 Å². The second-order valence-corrected chi connectivity index (χ2v) is 10.6. The van der Waals surface area contributed by atoms with Crippen molar-refractivity contribution in [1.82, 2.24) is 14.1 Å². The molecule has 1 unspecified atom stereocenters. The molecule has 0 bridgehead atoms. The van der Waals surface area contributed by atoms with Gasteiger partial charge in [-0.1, -0.05) is 17.7 Å². The predicted octanol–water partition coefficient (Wildman–Crippen LogP) is 3.33. The molecule has 6 nitrogen and oxygen atoms in total. The molecule has 0 spiro atoms. The first-order valence-electron chi connectivity index (χ1n) is 10.5. The van der Waals surface area contributed by atoms with Crippen molar-refractivity contribution in [2.75, 3.05) is 19.7 Å². The van der Waals surface area contributed by atoms with Crippen LogP contribution >= 0.6 is 0 Å². The third-order valence-corrected chi connectivity index (χ3v) is 8.36. The van der Waals surface area contributed by atoms with Gasteiger partial charge in [0, 0.05) is 18.5 Å². The zero-order valence-electron chi connectivity index (χ0n) is 17.7. The molecule has 5 rings (SSSR count). The molecule has 1 N–H and O–H groups in total. The van der Waals surface area contributed by atoms with Gasteiger partial charge < -0.3 is 5.11 Å². The monoisotopic (exact) mass is 453 g/mol. The Morgan fingerprint density at radius 1 is 1.19 bits per heavy atom. The van der Waals surface area contributed by atoms with Crippen molar-refractivity contribution < 1.29 is 17.9 Å². The fraction of sp³-hybridized carbons (Fsp3) is 0.292. The normalized spacial score (nSPS) is 21.0. The van der Waals surface area contributed by atoms with E-state index >= 15 is 0 Å². The lowest BCUT2D eigenvalue weighted by Crippen LogP contribution is -2.51. The number of sulfonamides is 1. The number of hydrogen-bond acceptors (Lipinski definition) is 4. The van der Waals surface area contributed by atoms with Crippen LogP contribution in [0.3, 0.4) is 0 Å². The number of fused-ring (bicyclic) bond motifs is 2. The molecular weight excluding hydrogens is 429 g/mol. The van der Waals surface area contributed by atoms with Crippen LogP contribution in [0.15, 0.2) is 65.2 Å². The van der Waals surface area contributed by atoms with E-state index in [-0.39, 0.29) is 23.9 Å². The fourth-order valence-electron chi connectivity index (χ4n) is 4.76. The van der Waals surface area contributed by atoms with Gasteiger partial charge in [-0.05, 0) is 73.4 Å². The van der Waals surface area contributed by atoms with Gasteiger partial charge in [0.1, 0.15) is 5.82 Å². The van der Waals surface area contributed by atoms with Crippen molar-refractivity contribution in [3.8, 4) is 5.69 Å². The smallest absolute Gasteiger partial charge is 0.243 e. The highest BCUT2D eigenvalue weighted by atomic mass is 32.2. The summed E-state index contributed by atoms with van der Waals surface area (Å²) in [6, 6.07) is 13.0. The largest absolute Gasteiger partial charge is 0.395 e. The Labute approximate surface area is 186 Å². The fourth-order valence-corrected chi connectivity index (χ4v) is 6.39. The zero-order valence-corrected chi connectivity index (χ0v) is 18.5. The number of benzene rings is 2. The maximum atomic E-state index is 13.3. The highest BCUT2D eigenvalue weighted by Crippen LogP contribution is 2.45. The first-order valence-corrected chi connectivity index (χ1v) is 12.0. The second-order valence-electron chi connectivity index (χ2n) is 8.63. The van der Waals surface area contributed by atoms with E-state index in [1.54, 1.807) is 41.2 Å². The molecule has 8 heteroatoms. The van der Waals surface area contributed by atoms with Gasteiger partial charge in [0.2, 0.25) is 10.0 Å². The summed E-state index contributed by atoms with van der Waals surface area (Å²) in [6.07, 6.45) is 4.78. The third-order valence-electron chi connectivity index (χ3n) is 6.52. The van der Waals surface area contributed by atoms with Gasteiger partial charge in [-0.2, -0.15) is 9.40 Å². The summed E-state index contributed by atoms with van der Waals surface area (Å²) in [4.78, 5) is 0.277. The van der Waals surface area contributed by atoms with Gasteiger partial charge in [-0.25, -0.2) is 17.5 Å². The Hall–Kier alpha value is -2.81. The predicted molar refractivity (Wildman–Crippen MR) is 119 cm³/mol. The van der Waals surface area contributed by atoms with E-state index in [0.717, 1.165) is 28.1 Å². The van der Waals surface area contributed by atoms with E-state index < -0.39 is 15.4 Å². The number of aliphatic hydroxyl groups excluding tert-OH is 1. The van der Waals surface area contributed by atoms with Gasteiger partial charge in [0.05, 0.1) is 29.1 Å². The van der Waals surface area contributed by atoms with Crippen molar-refractivity contribution >= 4 is 16.1 Å². The summed E-state index contributed by atoms with van der Waals surface area (Å²) in [5, 5.41) is 14.9. The lowest BCUT2D eigenvalue weighted by atomic mass is 9.69. The second kappa shape index (κ2) is 7.65. The average Bonchev–Trinajstić information content (AvgIpc) is 3.19.